The van der Waals surface area contributed by atoms with Crippen molar-refractivity contribution in [1.29, 1.82) is 0 Å². The summed E-state index contributed by atoms with van der Waals surface area (Å²) >= 11 is 0. The molecule has 1 aromatic carbocycles. The van der Waals surface area contributed by atoms with Gasteiger partial charge in [0.1, 0.15) is 0 Å². The lowest BCUT2D eigenvalue weighted by molar-refractivity contribution is 0.296. The molecule has 0 amide bonds. The maximum Gasteiger partial charge on any atom is 0.201 e. The minimum absolute atomic E-state index is 0.711. The summed E-state index contributed by atoms with van der Waals surface area (Å²) in [5.41, 5.74) is 3.71. The summed E-state index contributed by atoms with van der Waals surface area (Å²) in [7, 11) is 4.11. The van der Waals surface area contributed by atoms with Crippen LogP contribution in [0.25, 0.3) is 5.57 Å². The Kier molecular flexibility index (Phi) is 3.96. The lowest BCUT2D eigenvalue weighted by atomic mass is 10.1. The number of hydrogen-bond donors (Lipinski definition) is 1. The average molecular weight is 284 g/mol. The average Bonchev–Trinajstić information content (AvgIpc) is 3.02. The number of benzene rings is 1. The number of anilines is 1. The maximum absolute atomic E-state index is 4.06. The van der Waals surface area contributed by atoms with Gasteiger partial charge < -0.3 is 4.90 Å². The Hall–Kier alpha value is -2.21. The highest BCUT2D eigenvalue weighted by molar-refractivity contribution is 5.61. The second-order valence-corrected chi connectivity index (χ2v) is 5.52. The van der Waals surface area contributed by atoms with Crippen LogP contribution in [0.1, 0.15) is 17.8 Å². The van der Waals surface area contributed by atoms with Crippen LogP contribution in [0.2, 0.25) is 0 Å². The molecule has 0 aliphatic carbocycles. The van der Waals surface area contributed by atoms with E-state index in [1.54, 1.807) is 0 Å². The smallest absolute Gasteiger partial charge is 0.201 e. The van der Waals surface area contributed by atoms with Crippen molar-refractivity contribution in [1.82, 2.24) is 25.5 Å². The normalized spacial score (nSPS) is 15.8. The second-order valence-electron chi connectivity index (χ2n) is 5.52. The Balaban J connectivity index is 1.64. The van der Waals surface area contributed by atoms with Crippen molar-refractivity contribution in [3.05, 3.63) is 41.7 Å². The zero-order valence-electron chi connectivity index (χ0n) is 12.5. The molecule has 0 unspecified atom stereocenters. The topological polar surface area (TPSA) is 60.9 Å². The Morgan fingerprint density at radius 2 is 2.05 bits per heavy atom. The summed E-state index contributed by atoms with van der Waals surface area (Å²) in [6, 6.07) is 8.72. The van der Waals surface area contributed by atoms with Gasteiger partial charge in [-0.15, -0.1) is 10.2 Å². The molecule has 1 aromatic heterocycles. The van der Waals surface area contributed by atoms with Crippen molar-refractivity contribution in [2.45, 2.75) is 13.0 Å². The quantitative estimate of drug-likeness (QED) is 0.923. The molecule has 0 radical (unpaired) electrons. The van der Waals surface area contributed by atoms with E-state index in [2.05, 4.69) is 74.9 Å². The molecule has 6 nitrogen and oxygen atoms in total. The summed E-state index contributed by atoms with van der Waals surface area (Å²) in [6.45, 7) is 2.88. The first-order chi connectivity index (χ1) is 10.2. The molecule has 0 saturated carbocycles. The van der Waals surface area contributed by atoms with Crippen molar-refractivity contribution in [2.24, 2.45) is 0 Å². The molecule has 2 heterocycles. The fraction of sp³-hybridized carbons (Fsp3) is 0.400. The minimum Gasteiger partial charge on any atom is -0.378 e. The number of H-pyrrole nitrogens is 1. The van der Waals surface area contributed by atoms with E-state index in [0.717, 1.165) is 31.6 Å². The lowest BCUT2D eigenvalue weighted by Crippen LogP contribution is -2.29. The van der Waals surface area contributed by atoms with Crippen molar-refractivity contribution in [3.8, 4) is 0 Å². The molecular formula is C15H20N6. The zero-order chi connectivity index (χ0) is 14.7. The standard InChI is InChI=1S/C15H20N6/c1-20(2)14-7-5-12(6-8-14)10-21-9-3-4-13(11-21)15-16-18-19-17-15/h4-8H,3,9-11H2,1-2H3,(H,16,17,18,19). The van der Waals surface area contributed by atoms with Gasteiger partial charge >= 0.3 is 0 Å². The second kappa shape index (κ2) is 6.05. The Labute approximate surface area is 124 Å². The van der Waals surface area contributed by atoms with Crippen LogP contribution in [-0.2, 0) is 6.54 Å². The van der Waals surface area contributed by atoms with E-state index in [-0.39, 0.29) is 0 Å². The predicted octanol–water partition coefficient (Wildman–Crippen LogP) is 1.55. The molecule has 0 fully saturated rings. The molecule has 0 bridgehead atoms. The maximum atomic E-state index is 4.06. The number of hydrogen-bond acceptors (Lipinski definition) is 5. The molecule has 21 heavy (non-hydrogen) atoms. The summed E-state index contributed by atoms with van der Waals surface area (Å²) in [4.78, 5) is 4.53. The van der Waals surface area contributed by atoms with Crippen molar-refractivity contribution < 1.29 is 0 Å². The van der Waals surface area contributed by atoms with Crippen molar-refractivity contribution in [3.63, 3.8) is 0 Å². The van der Waals surface area contributed by atoms with Gasteiger partial charge in [-0.2, -0.15) is 5.21 Å². The van der Waals surface area contributed by atoms with E-state index >= 15 is 0 Å². The van der Waals surface area contributed by atoms with E-state index in [0.29, 0.717) is 5.82 Å². The van der Waals surface area contributed by atoms with E-state index in [4.69, 9.17) is 0 Å². The molecule has 2 aromatic rings. The molecule has 6 heteroatoms. The molecule has 110 valence electrons. The Morgan fingerprint density at radius 3 is 2.71 bits per heavy atom. The number of nitrogens with zero attached hydrogens (tertiary/aromatic N) is 5. The number of nitrogens with one attached hydrogen (secondary N) is 1. The monoisotopic (exact) mass is 284 g/mol. The van der Waals surface area contributed by atoms with Gasteiger partial charge in [0.15, 0.2) is 0 Å². The van der Waals surface area contributed by atoms with Crippen LogP contribution in [0.4, 0.5) is 5.69 Å². The van der Waals surface area contributed by atoms with Crippen LogP contribution in [0, 0.1) is 0 Å². The van der Waals surface area contributed by atoms with Crippen LogP contribution in [0.15, 0.2) is 30.3 Å². The third-order valence-corrected chi connectivity index (χ3v) is 3.72. The fourth-order valence-corrected chi connectivity index (χ4v) is 2.56. The first kappa shape index (κ1) is 13.8. The van der Waals surface area contributed by atoms with Crippen molar-refractivity contribution >= 4 is 11.3 Å². The van der Waals surface area contributed by atoms with E-state index in [1.165, 1.54) is 11.3 Å². The molecule has 1 aliphatic heterocycles. The number of aromatic amines is 1. The highest BCUT2D eigenvalue weighted by Crippen LogP contribution is 2.20. The highest BCUT2D eigenvalue weighted by atomic mass is 15.5. The molecule has 0 atom stereocenters. The van der Waals surface area contributed by atoms with Gasteiger partial charge in [0.05, 0.1) is 0 Å². The molecule has 0 saturated heterocycles. The van der Waals surface area contributed by atoms with Crippen LogP contribution in [-0.4, -0.2) is 52.7 Å². The van der Waals surface area contributed by atoms with Gasteiger partial charge in [0.25, 0.3) is 0 Å². The van der Waals surface area contributed by atoms with Gasteiger partial charge in [0.2, 0.25) is 5.82 Å². The Bertz CT molecular complexity index is 600. The van der Waals surface area contributed by atoms with E-state index in [9.17, 15) is 0 Å². The molecular weight excluding hydrogens is 264 g/mol. The number of tetrazole rings is 1. The third-order valence-electron chi connectivity index (χ3n) is 3.72. The van der Waals surface area contributed by atoms with Crippen LogP contribution in [0.5, 0.6) is 0 Å². The van der Waals surface area contributed by atoms with Gasteiger partial charge in [-0.3, -0.25) is 4.90 Å². The summed E-state index contributed by atoms with van der Waals surface area (Å²) in [5, 5.41) is 14.3. The predicted molar refractivity (Wildman–Crippen MR) is 82.8 cm³/mol. The van der Waals surface area contributed by atoms with E-state index < -0.39 is 0 Å². The summed E-state index contributed by atoms with van der Waals surface area (Å²) in [5.74, 6) is 0.711. The van der Waals surface area contributed by atoms with Crippen LogP contribution >= 0.6 is 0 Å². The largest absolute Gasteiger partial charge is 0.378 e. The van der Waals surface area contributed by atoms with Crippen LogP contribution < -0.4 is 4.90 Å². The zero-order valence-corrected chi connectivity index (χ0v) is 12.5. The minimum atomic E-state index is 0.711. The summed E-state index contributed by atoms with van der Waals surface area (Å²) in [6.07, 6.45) is 3.23. The van der Waals surface area contributed by atoms with Crippen molar-refractivity contribution in [2.75, 3.05) is 32.1 Å². The molecule has 3 rings (SSSR count). The van der Waals surface area contributed by atoms with Gasteiger partial charge in [-0.25, -0.2) is 0 Å². The van der Waals surface area contributed by atoms with Gasteiger partial charge in [0, 0.05) is 45.0 Å². The Morgan fingerprint density at radius 1 is 1.24 bits per heavy atom. The van der Waals surface area contributed by atoms with Gasteiger partial charge in [-0.1, -0.05) is 18.2 Å². The third kappa shape index (κ3) is 3.28. The first-order valence-corrected chi connectivity index (χ1v) is 7.14. The van der Waals surface area contributed by atoms with Gasteiger partial charge in [-0.05, 0) is 29.3 Å². The lowest BCUT2D eigenvalue weighted by Gasteiger charge is -2.26. The van der Waals surface area contributed by atoms with E-state index in [1.807, 2.05) is 0 Å². The number of aromatic nitrogens is 4. The highest BCUT2D eigenvalue weighted by Gasteiger charge is 2.16. The fourth-order valence-electron chi connectivity index (χ4n) is 2.56. The summed E-state index contributed by atoms with van der Waals surface area (Å²) < 4.78 is 0. The molecule has 1 N–H and O–H groups in total. The SMILES string of the molecule is CN(C)c1ccc(CN2CCC=C(c3nn[nH]n3)C2)cc1. The molecule has 1 aliphatic rings. The number of rotatable bonds is 4. The first-order valence-electron chi connectivity index (χ1n) is 7.14. The van der Waals surface area contributed by atoms with Crippen LogP contribution in [0.3, 0.4) is 0 Å². The molecule has 0 spiro atoms.